The summed E-state index contributed by atoms with van der Waals surface area (Å²) in [5, 5.41) is 2.98. The lowest BCUT2D eigenvalue weighted by Crippen LogP contribution is -2.60. The van der Waals surface area contributed by atoms with Crippen LogP contribution in [-0.2, 0) is 14.3 Å². The van der Waals surface area contributed by atoms with E-state index in [2.05, 4.69) is 5.32 Å². The van der Waals surface area contributed by atoms with E-state index in [4.69, 9.17) is 18.9 Å². The Bertz CT molecular complexity index is 1250. The highest BCUT2D eigenvalue weighted by Gasteiger charge is 2.54. The first kappa shape index (κ1) is 27.9. The number of aryl methyl sites for hydroxylation is 1. The van der Waals surface area contributed by atoms with Gasteiger partial charge in [0.25, 0.3) is 11.8 Å². The Hall–Kier alpha value is -3.63. The molecule has 3 amide bonds. The number of rotatable bonds is 7. The van der Waals surface area contributed by atoms with Gasteiger partial charge >= 0.3 is 0 Å². The highest BCUT2D eigenvalue weighted by atomic mass is 16.5. The molecular formula is C30H37N3O7. The second-order valence-corrected chi connectivity index (χ2v) is 10.5. The number of nitrogens with one attached hydrogen (secondary N) is 1. The van der Waals surface area contributed by atoms with Crippen LogP contribution in [0, 0.1) is 6.92 Å². The molecule has 0 saturated carbocycles. The molecule has 2 unspecified atom stereocenters. The largest absolute Gasteiger partial charge is 0.493 e. The Balaban J connectivity index is 1.35. The van der Waals surface area contributed by atoms with Crippen molar-refractivity contribution in [2.24, 2.45) is 0 Å². The zero-order chi connectivity index (χ0) is 28.3. The molecule has 0 radical (unpaired) electrons. The van der Waals surface area contributed by atoms with Crippen molar-refractivity contribution in [3.63, 3.8) is 0 Å². The summed E-state index contributed by atoms with van der Waals surface area (Å²) in [5.41, 5.74) is 0.863. The van der Waals surface area contributed by atoms with Gasteiger partial charge in [0.2, 0.25) is 5.91 Å². The quantitative estimate of drug-likeness (QED) is 0.564. The average Bonchev–Trinajstić information content (AvgIpc) is 3.64. The first-order valence-corrected chi connectivity index (χ1v) is 13.8. The molecule has 3 saturated heterocycles. The number of carbonyl (C=O) groups excluding carboxylic acids is 3. The predicted octanol–water partition coefficient (Wildman–Crippen LogP) is 2.78. The minimum atomic E-state index is -0.987. The van der Waals surface area contributed by atoms with Gasteiger partial charge in [0, 0.05) is 50.2 Å². The van der Waals surface area contributed by atoms with Gasteiger partial charge in [0.1, 0.15) is 11.8 Å². The molecular weight excluding hydrogens is 514 g/mol. The van der Waals surface area contributed by atoms with E-state index in [1.54, 1.807) is 41.2 Å². The van der Waals surface area contributed by atoms with E-state index in [9.17, 15) is 14.4 Å². The second kappa shape index (κ2) is 11.9. The van der Waals surface area contributed by atoms with Crippen LogP contribution in [0.1, 0.15) is 52.0 Å². The molecule has 3 heterocycles. The number of carbonyl (C=O) groups is 3. The van der Waals surface area contributed by atoms with E-state index in [-0.39, 0.29) is 30.4 Å². The molecule has 2 atom stereocenters. The average molecular weight is 552 g/mol. The van der Waals surface area contributed by atoms with E-state index >= 15 is 0 Å². The fourth-order valence-electron chi connectivity index (χ4n) is 5.86. The van der Waals surface area contributed by atoms with Crippen molar-refractivity contribution in [3.8, 4) is 11.5 Å². The number of methoxy groups -OCH3 is 2. The summed E-state index contributed by atoms with van der Waals surface area (Å²) in [6, 6.07) is 11.7. The van der Waals surface area contributed by atoms with Crippen LogP contribution in [-0.4, -0.2) is 92.5 Å². The van der Waals surface area contributed by atoms with Gasteiger partial charge in [-0.15, -0.1) is 0 Å². The third-order valence-corrected chi connectivity index (χ3v) is 8.15. The lowest BCUT2D eigenvalue weighted by atomic mass is 9.95. The normalized spacial score (nSPS) is 21.9. The van der Waals surface area contributed by atoms with Gasteiger partial charge in [-0.1, -0.05) is 18.2 Å². The molecule has 3 aliphatic heterocycles. The van der Waals surface area contributed by atoms with Gasteiger partial charge < -0.3 is 29.2 Å². The number of benzene rings is 2. The van der Waals surface area contributed by atoms with Crippen molar-refractivity contribution >= 4 is 17.7 Å². The Labute approximate surface area is 234 Å². The van der Waals surface area contributed by atoms with E-state index in [1.165, 1.54) is 7.11 Å². The summed E-state index contributed by atoms with van der Waals surface area (Å²) in [6.45, 7) is 3.82. The Morgan fingerprint density at radius 3 is 2.45 bits per heavy atom. The third kappa shape index (κ3) is 5.38. The van der Waals surface area contributed by atoms with Gasteiger partial charge in [0.15, 0.2) is 11.5 Å². The monoisotopic (exact) mass is 551 g/mol. The minimum Gasteiger partial charge on any atom is -0.493 e. The Morgan fingerprint density at radius 2 is 1.77 bits per heavy atom. The number of piperidine rings is 1. The number of amides is 3. The predicted molar refractivity (Wildman–Crippen MR) is 146 cm³/mol. The van der Waals surface area contributed by atoms with E-state index in [0.29, 0.717) is 61.7 Å². The summed E-state index contributed by atoms with van der Waals surface area (Å²) in [5.74, 6) is 0.389. The van der Waals surface area contributed by atoms with Crippen LogP contribution >= 0.6 is 0 Å². The first-order valence-electron chi connectivity index (χ1n) is 13.8. The lowest BCUT2D eigenvalue weighted by Gasteiger charge is -2.44. The molecule has 3 aliphatic rings. The van der Waals surface area contributed by atoms with Gasteiger partial charge in [-0.2, -0.15) is 0 Å². The van der Waals surface area contributed by atoms with E-state index < -0.39 is 11.8 Å². The zero-order valence-electron chi connectivity index (χ0n) is 23.3. The molecule has 3 fully saturated rings. The summed E-state index contributed by atoms with van der Waals surface area (Å²) in [6.07, 6.45) is 2.65. The molecule has 2 aromatic carbocycles. The molecule has 1 spiro atoms. The summed E-state index contributed by atoms with van der Waals surface area (Å²) in [7, 11) is 3.08. The van der Waals surface area contributed by atoms with Crippen LogP contribution in [0.15, 0.2) is 42.5 Å². The van der Waals surface area contributed by atoms with Crippen molar-refractivity contribution in [1.82, 2.24) is 15.1 Å². The smallest absolute Gasteiger partial charge is 0.257 e. The van der Waals surface area contributed by atoms with Gasteiger partial charge in [-0.25, -0.2) is 0 Å². The molecule has 0 aliphatic carbocycles. The molecule has 2 aromatic rings. The molecule has 10 nitrogen and oxygen atoms in total. The molecule has 0 aromatic heterocycles. The molecule has 5 rings (SSSR count). The van der Waals surface area contributed by atoms with Crippen molar-refractivity contribution in [2.75, 3.05) is 47.1 Å². The van der Waals surface area contributed by atoms with Crippen molar-refractivity contribution in [1.29, 1.82) is 0 Å². The number of nitrogens with zero attached hydrogens (tertiary/aromatic N) is 2. The molecule has 214 valence electrons. The number of ether oxygens (including phenoxy) is 4. The summed E-state index contributed by atoms with van der Waals surface area (Å²) >= 11 is 0. The first-order chi connectivity index (χ1) is 19.4. The standard InChI is InChI=1S/C30H37N3O7/c1-20-7-4-5-9-23(20)29(36)33-24(27(34)31-18-22-8-6-16-39-22)19-40-30(33)12-14-32(15-13-30)28(35)21-10-11-25(37-2)26(17-21)38-3/h4-5,7,9-11,17,22,24H,6,8,12-16,18-19H2,1-3H3,(H,31,34). The summed E-state index contributed by atoms with van der Waals surface area (Å²) < 4.78 is 22.6. The van der Waals surface area contributed by atoms with Crippen LogP contribution in [0.2, 0.25) is 0 Å². The minimum absolute atomic E-state index is 0.00780. The van der Waals surface area contributed by atoms with Crippen LogP contribution < -0.4 is 14.8 Å². The Morgan fingerprint density at radius 1 is 1.02 bits per heavy atom. The zero-order valence-corrected chi connectivity index (χ0v) is 23.3. The van der Waals surface area contributed by atoms with Crippen molar-refractivity contribution in [3.05, 3.63) is 59.2 Å². The maximum atomic E-state index is 14.0. The van der Waals surface area contributed by atoms with Crippen molar-refractivity contribution in [2.45, 2.75) is 50.5 Å². The van der Waals surface area contributed by atoms with E-state index in [0.717, 1.165) is 18.4 Å². The molecule has 0 bridgehead atoms. The van der Waals surface area contributed by atoms with Crippen LogP contribution in [0.25, 0.3) is 0 Å². The fraction of sp³-hybridized carbons (Fsp3) is 0.500. The fourth-order valence-corrected chi connectivity index (χ4v) is 5.86. The van der Waals surface area contributed by atoms with Crippen molar-refractivity contribution < 1.29 is 33.3 Å². The second-order valence-electron chi connectivity index (χ2n) is 10.5. The van der Waals surface area contributed by atoms with Gasteiger partial charge in [-0.3, -0.25) is 19.3 Å². The lowest BCUT2D eigenvalue weighted by molar-refractivity contribution is -0.128. The molecule has 40 heavy (non-hydrogen) atoms. The SMILES string of the molecule is COc1ccc(C(=O)N2CCC3(CC2)OCC(C(=O)NCC2CCCO2)N3C(=O)c2ccccc2C)cc1OC. The maximum Gasteiger partial charge on any atom is 0.257 e. The Kier molecular flexibility index (Phi) is 8.27. The van der Waals surface area contributed by atoms with Gasteiger partial charge in [-0.05, 0) is 49.6 Å². The van der Waals surface area contributed by atoms with Crippen LogP contribution in [0.4, 0.5) is 0 Å². The highest BCUT2D eigenvalue weighted by Crippen LogP contribution is 2.39. The maximum absolute atomic E-state index is 14.0. The third-order valence-electron chi connectivity index (χ3n) is 8.15. The number of hydrogen-bond acceptors (Lipinski definition) is 7. The number of likely N-dealkylation sites (tertiary alicyclic amines) is 1. The van der Waals surface area contributed by atoms with Gasteiger partial charge in [0.05, 0.1) is 26.9 Å². The highest BCUT2D eigenvalue weighted by molar-refractivity contribution is 5.99. The molecule has 10 heteroatoms. The summed E-state index contributed by atoms with van der Waals surface area (Å²) in [4.78, 5) is 44.2. The topological polar surface area (TPSA) is 107 Å². The number of hydrogen-bond donors (Lipinski definition) is 1. The van der Waals surface area contributed by atoms with Crippen LogP contribution in [0.3, 0.4) is 0 Å². The van der Waals surface area contributed by atoms with Crippen LogP contribution in [0.5, 0.6) is 11.5 Å². The van der Waals surface area contributed by atoms with E-state index in [1.807, 2.05) is 25.1 Å². The molecule has 1 N–H and O–H groups in total.